The summed E-state index contributed by atoms with van der Waals surface area (Å²) in [7, 11) is -3.28. The summed E-state index contributed by atoms with van der Waals surface area (Å²) in [5.41, 5.74) is 1.32. The van der Waals surface area contributed by atoms with Gasteiger partial charge >= 0.3 is 0 Å². The van der Waals surface area contributed by atoms with Crippen LogP contribution in [0.1, 0.15) is 25.3 Å². The Morgan fingerprint density at radius 3 is 2.59 bits per heavy atom. The Kier molecular flexibility index (Phi) is 3.55. The van der Waals surface area contributed by atoms with E-state index >= 15 is 0 Å². The summed E-state index contributed by atoms with van der Waals surface area (Å²) >= 11 is 0. The van der Waals surface area contributed by atoms with Gasteiger partial charge in [0.15, 0.2) is 0 Å². The molecule has 1 fully saturated rings. The van der Waals surface area contributed by atoms with E-state index in [4.69, 9.17) is 4.74 Å². The van der Waals surface area contributed by atoms with Gasteiger partial charge in [0, 0.05) is 50.5 Å². The predicted octanol–water partition coefficient (Wildman–Crippen LogP) is 1.37. The Hall–Kier alpha value is -1.76. The summed E-state index contributed by atoms with van der Waals surface area (Å²) in [6, 6.07) is 5.36. The first-order valence-electron chi connectivity index (χ1n) is 7.32. The molecule has 0 bridgehead atoms. The molecule has 6 nitrogen and oxygen atoms in total. The zero-order valence-corrected chi connectivity index (χ0v) is 13.6. The molecule has 0 unspecified atom stereocenters. The highest BCUT2D eigenvalue weighted by atomic mass is 32.2. The molecule has 0 radical (unpaired) electrons. The highest BCUT2D eigenvalue weighted by Gasteiger charge is 2.42. The standard InChI is InChI=1S/C15H20N2O4S/c1-11(18)17-7-5-15(6-8-17)10-12-9-13(16-22(2,19)20)3-4-14(12)21-15/h3-4,9,16H,5-8,10H2,1-2H3. The monoisotopic (exact) mass is 324 g/mol. The van der Waals surface area contributed by atoms with Crippen LogP contribution in [0.2, 0.25) is 0 Å². The van der Waals surface area contributed by atoms with Crippen molar-refractivity contribution in [2.24, 2.45) is 0 Å². The van der Waals surface area contributed by atoms with Gasteiger partial charge in [-0.1, -0.05) is 0 Å². The first-order chi connectivity index (χ1) is 10.3. The third kappa shape index (κ3) is 3.04. The number of nitrogens with one attached hydrogen (secondary N) is 1. The van der Waals surface area contributed by atoms with E-state index in [-0.39, 0.29) is 11.5 Å². The summed E-state index contributed by atoms with van der Waals surface area (Å²) in [5, 5.41) is 0. The zero-order chi connectivity index (χ0) is 16.0. The Labute approximate surface area is 130 Å². The van der Waals surface area contributed by atoms with Crippen molar-refractivity contribution >= 4 is 21.6 Å². The normalized spacial score (nSPS) is 19.6. The van der Waals surface area contributed by atoms with Gasteiger partial charge in [-0.3, -0.25) is 9.52 Å². The number of nitrogens with zero attached hydrogens (tertiary/aromatic N) is 1. The first-order valence-corrected chi connectivity index (χ1v) is 9.21. The molecule has 1 spiro atoms. The summed E-state index contributed by atoms with van der Waals surface area (Å²) in [6.07, 6.45) is 3.50. The van der Waals surface area contributed by atoms with E-state index < -0.39 is 10.0 Å². The average molecular weight is 324 g/mol. The van der Waals surface area contributed by atoms with Crippen LogP contribution in [0.15, 0.2) is 18.2 Å². The third-order valence-corrected chi connectivity index (χ3v) is 4.93. The highest BCUT2D eigenvalue weighted by Crippen LogP contribution is 2.42. The largest absolute Gasteiger partial charge is 0.487 e. The molecule has 1 N–H and O–H groups in total. The maximum Gasteiger partial charge on any atom is 0.229 e. The molecule has 2 aliphatic heterocycles. The molecule has 3 rings (SSSR count). The minimum Gasteiger partial charge on any atom is -0.487 e. The lowest BCUT2D eigenvalue weighted by atomic mass is 9.87. The summed E-state index contributed by atoms with van der Waals surface area (Å²) in [6.45, 7) is 3.00. The number of hydrogen-bond acceptors (Lipinski definition) is 4. The van der Waals surface area contributed by atoms with Crippen molar-refractivity contribution in [2.75, 3.05) is 24.1 Å². The lowest BCUT2D eigenvalue weighted by Crippen LogP contribution is -2.48. The van der Waals surface area contributed by atoms with E-state index in [2.05, 4.69) is 4.72 Å². The number of hydrogen-bond donors (Lipinski definition) is 1. The quantitative estimate of drug-likeness (QED) is 0.891. The second-order valence-electron chi connectivity index (χ2n) is 6.16. The van der Waals surface area contributed by atoms with E-state index in [1.807, 2.05) is 17.0 Å². The smallest absolute Gasteiger partial charge is 0.229 e. The van der Waals surface area contributed by atoms with Gasteiger partial charge in [-0.2, -0.15) is 0 Å². The lowest BCUT2D eigenvalue weighted by Gasteiger charge is -2.38. The van der Waals surface area contributed by atoms with E-state index in [1.165, 1.54) is 0 Å². The summed E-state index contributed by atoms with van der Waals surface area (Å²) in [4.78, 5) is 13.3. The number of rotatable bonds is 2. The van der Waals surface area contributed by atoms with Crippen LogP contribution < -0.4 is 9.46 Å². The number of carbonyl (C=O) groups is 1. The molecule has 1 saturated heterocycles. The van der Waals surface area contributed by atoms with Gasteiger partial charge in [0.2, 0.25) is 15.9 Å². The minimum atomic E-state index is -3.28. The molecular weight excluding hydrogens is 304 g/mol. The van der Waals surface area contributed by atoms with E-state index in [1.54, 1.807) is 13.0 Å². The van der Waals surface area contributed by atoms with Gasteiger partial charge in [0.05, 0.1) is 6.26 Å². The van der Waals surface area contributed by atoms with Crippen LogP contribution in [0.25, 0.3) is 0 Å². The average Bonchev–Trinajstić information content (AvgIpc) is 2.74. The number of piperidine rings is 1. The van der Waals surface area contributed by atoms with Gasteiger partial charge in [0.25, 0.3) is 0 Å². The maximum absolute atomic E-state index is 11.4. The zero-order valence-electron chi connectivity index (χ0n) is 12.8. The number of amides is 1. The molecule has 0 aromatic heterocycles. The van der Waals surface area contributed by atoms with Crippen molar-refractivity contribution < 1.29 is 17.9 Å². The molecule has 0 atom stereocenters. The lowest BCUT2D eigenvalue weighted by molar-refractivity contribution is -0.131. The van der Waals surface area contributed by atoms with E-state index in [0.29, 0.717) is 18.8 Å². The number of ether oxygens (including phenoxy) is 1. The number of anilines is 1. The Morgan fingerprint density at radius 2 is 2.00 bits per heavy atom. The van der Waals surface area contributed by atoms with Gasteiger partial charge in [-0.05, 0) is 18.2 Å². The predicted molar refractivity (Wildman–Crippen MR) is 83.5 cm³/mol. The van der Waals surface area contributed by atoms with Crippen LogP contribution in [0.5, 0.6) is 5.75 Å². The maximum atomic E-state index is 11.4. The topological polar surface area (TPSA) is 75.7 Å². The van der Waals surface area contributed by atoms with Crippen molar-refractivity contribution in [1.29, 1.82) is 0 Å². The number of fused-ring (bicyclic) bond motifs is 1. The molecule has 1 aromatic carbocycles. The van der Waals surface area contributed by atoms with Gasteiger partial charge in [0.1, 0.15) is 11.4 Å². The Bertz CT molecular complexity index is 706. The fourth-order valence-electron chi connectivity index (χ4n) is 3.22. The molecule has 0 saturated carbocycles. The fraction of sp³-hybridized carbons (Fsp3) is 0.533. The van der Waals surface area contributed by atoms with E-state index in [9.17, 15) is 13.2 Å². The molecule has 2 heterocycles. The summed E-state index contributed by atoms with van der Waals surface area (Å²) in [5.74, 6) is 0.917. The molecule has 1 aromatic rings. The van der Waals surface area contributed by atoms with Crippen molar-refractivity contribution in [3.63, 3.8) is 0 Å². The van der Waals surface area contributed by atoms with Crippen LogP contribution in [0, 0.1) is 0 Å². The van der Waals surface area contributed by atoms with Crippen molar-refractivity contribution in [3.05, 3.63) is 23.8 Å². The molecule has 7 heteroatoms. The van der Waals surface area contributed by atoms with Crippen molar-refractivity contribution in [1.82, 2.24) is 4.90 Å². The van der Waals surface area contributed by atoms with Crippen LogP contribution >= 0.6 is 0 Å². The Balaban J connectivity index is 1.75. The molecule has 22 heavy (non-hydrogen) atoms. The van der Waals surface area contributed by atoms with Gasteiger partial charge in [-0.25, -0.2) is 8.42 Å². The number of benzene rings is 1. The van der Waals surface area contributed by atoms with Gasteiger partial charge < -0.3 is 9.64 Å². The second kappa shape index (κ2) is 5.15. The molecule has 0 aliphatic carbocycles. The summed E-state index contributed by atoms with van der Waals surface area (Å²) < 4.78 is 31.3. The number of carbonyl (C=O) groups excluding carboxylic acids is 1. The van der Waals surface area contributed by atoms with Crippen LogP contribution in [0.4, 0.5) is 5.69 Å². The van der Waals surface area contributed by atoms with Crippen molar-refractivity contribution in [2.45, 2.75) is 31.8 Å². The second-order valence-corrected chi connectivity index (χ2v) is 7.91. The number of sulfonamides is 1. The van der Waals surface area contributed by atoms with Crippen LogP contribution in [-0.4, -0.2) is 44.2 Å². The number of likely N-dealkylation sites (tertiary alicyclic amines) is 1. The fourth-order valence-corrected chi connectivity index (χ4v) is 3.77. The molecule has 120 valence electrons. The molecular formula is C15H20N2O4S. The molecule has 2 aliphatic rings. The molecule has 1 amide bonds. The minimum absolute atomic E-state index is 0.102. The SMILES string of the molecule is CC(=O)N1CCC2(CC1)Cc1cc(NS(C)(=O)=O)ccc1O2. The van der Waals surface area contributed by atoms with Crippen LogP contribution in [-0.2, 0) is 21.2 Å². The first kappa shape index (κ1) is 15.1. The van der Waals surface area contributed by atoms with Crippen molar-refractivity contribution in [3.8, 4) is 5.75 Å². The van der Waals surface area contributed by atoms with Crippen LogP contribution in [0.3, 0.4) is 0 Å². The van der Waals surface area contributed by atoms with E-state index in [0.717, 1.165) is 36.8 Å². The third-order valence-electron chi connectivity index (χ3n) is 4.32. The Morgan fingerprint density at radius 1 is 1.32 bits per heavy atom. The highest BCUT2D eigenvalue weighted by molar-refractivity contribution is 7.92. The van der Waals surface area contributed by atoms with Gasteiger partial charge in [-0.15, -0.1) is 0 Å².